The Kier molecular flexibility index (Phi) is 4.35. The van der Waals surface area contributed by atoms with Crippen LogP contribution in [-0.4, -0.2) is 59.6 Å². The predicted octanol–water partition coefficient (Wildman–Crippen LogP) is 0.487. The monoisotopic (exact) mass is 200 g/mol. The molecule has 1 fully saturated rings. The lowest BCUT2D eigenvalue weighted by Crippen LogP contribution is -2.50. The third-order valence-corrected chi connectivity index (χ3v) is 2.98. The van der Waals surface area contributed by atoms with E-state index in [1.54, 1.807) is 0 Å². The second-order valence-corrected chi connectivity index (χ2v) is 3.96. The van der Waals surface area contributed by atoms with Gasteiger partial charge in [-0.05, 0) is 13.3 Å². The van der Waals surface area contributed by atoms with Crippen molar-refractivity contribution >= 4 is 5.97 Å². The summed E-state index contributed by atoms with van der Waals surface area (Å²) in [6, 6.07) is 0.627. The summed E-state index contributed by atoms with van der Waals surface area (Å²) in [5, 5.41) is 8.63. The van der Waals surface area contributed by atoms with E-state index in [9.17, 15) is 4.79 Å². The second kappa shape index (κ2) is 5.32. The highest BCUT2D eigenvalue weighted by Crippen LogP contribution is 2.08. The summed E-state index contributed by atoms with van der Waals surface area (Å²) in [6.07, 6.45) is 1.17. The number of carboxylic acid groups (broad SMARTS) is 1. The van der Waals surface area contributed by atoms with Gasteiger partial charge < -0.3 is 5.11 Å². The van der Waals surface area contributed by atoms with E-state index in [0.29, 0.717) is 6.04 Å². The van der Waals surface area contributed by atoms with Crippen LogP contribution in [0.25, 0.3) is 0 Å². The van der Waals surface area contributed by atoms with E-state index in [2.05, 4.69) is 18.7 Å². The average Bonchev–Trinajstić information content (AvgIpc) is 2.17. The van der Waals surface area contributed by atoms with Gasteiger partial charge in [-0.1, -0.05) is 6.92 Å². The molecule has 1 atom stereocenters. The van der Waals surface area contributed by atoms with Crippen LogP contribution >= 0.6 is 0 Å². The molecule has 82 valence electrons. The third-order valence-electron chi connectivity index (χ3n) is 2.98. The normalized spacial score (nSPS) is 22.1. The van der Waals surface area contributed by atoms with Crippen molar-refractivity contribution in [2.24, 2.45) is 0 Å². The van der Waals surface area contributed by atoms with Crippen LogP contribution in [0.3, 0.4) is 0 Å². The molecule has 1 N–H and O–H groups in total. The number of carbonyl (C=O) groups is 1. The van der Waals surface area contributed by atoms with Crippen molar-refractivity contribution in [3.63, 3.8) is 0 Å². The minimum atomic E-state index is -0.720. The van der Waals surface area contributed by atoms with Crippen molar-refractivity contribution in [2.75, 3.05) is 32.7 Å². The summed E-state index contributed by atoms with van der Waals surface area (Å²) in [4.78, 5) is 14.9. The van der Waals surface area contributed by atoms with Gasteiger partial charge in [0.2, 0.25) is 0 Å². The van der Waals surface area contributed by atoms with Gasteiger partial charge in [-0.25, -0.2) is 0 Å². The quantitative estimate of drug-likeness (QED) is 0.717. The zero-order valence-corrected chi connectivity index (χ0v) is 9.07. The zero-order chi connectivity index (χ0) is 10.6. The van der Waals surface area contributed by atoms with Crippen LogP contribution in [-0.2, 0) is 4.79 Å². The highest BCUT2D eigenvalue weighted by molar-refractivity contribution is 5.69. The lowest BCUT2D eigenvalue weighted by molar-refractivity contribution is -0.138. The van der Waals surface area contributed by atoms with E-state index in [0.717, 1.165) is 26.2 Å². The summed E-state index contributed by atoms with van der Waals surface area (Å²) in [5.74, 6) is -0.720. The fourth-order valence-electron chi connectivity index (χ4n) is 1.81. The fraction of sp³-hybridized carbons (Fsp3) is 0.900. The van der Waals surface area contributed by atoms with E-state index in [-0.39, 0.29) is 6.54 Å². The van der Waals surface area contributed by atoms with Crippen LogP contribution in [0.5, 0.6) is 0 Å². The molecule has 0 aromatic carbocycles. The number of rotatable bonds is 4. The molecule has 14 heavy (non-hydrogen) atoms. The molecule has 0 aromatic rings. The SMILES string of the molecule is CC[C@@H](C)N1CCN(CC(=O)O)CC1. The molecule has 1 aliphatic rings. The summed E-state index contributed by atoms with van der Waals surface area (Å²) < 4.78 is 0. The molecule has 4 nitrogen and oxygen atoms in total. The highest BCUT2D eigenvalue weighted by Gasteiger charge is 2.20. The van der Waals surface area contributed by atoms with Crippen molar-refractivity contribution in [3.8, 4) is 0 Å². The van der Waals surface area contributed by atoms with Crippen LogP contribution < -0.4 is 0 Å². The smallest absolute Gasteiger partial charge is 0.317 e. The Bertz CT molecular complexity index is 189. The maximum atomic E-state index is 10.5. The molecule has 0 radical (unpaired) electrons. The first-order chi connectivity index (χ1) is 6.63. The molecule has 0 unspecified atom stereocenters. The lowest BCUT2D eigenvalue weighted by Gasteiger charge is -2.37. The topological polar surface area (TPSA) is 43.8 Å². The van der Waals surface area contributed by atoms with E-state index in [1.165, 1.54) is 6.42 Å². The van der Waals surface area contributed by atoms with Crippen LogP contribution in [0.4, 0.5) is 0 Å². The van der Waals surface area contributed by atoms with Gasteiger partial charge in [0.15, 0.2) is 0 Å². The molecule has 0 aliphatic carbocycles. The Morgan fingerprint density at radius 2 is 1.93 bits per heavy atom. The van der Waals surface area contributed by atoms with Gasteiger partial charge in [-0.2, -0.15) is 0 Å². The summed E-state index contributed by atoms with van der Waals surface area (Å²) in [7, 11) is 0. The molecule has 0 bridgehead atoms. The molecule has 1 rings (SSSR count). The minimum Gasteiger partial charge on any atom is -0.480 e. The van der Waals surface area contributed by atoms with Crippen molar-refractivity contribution in [1.82, 2.24) is 9.80 Å². The van der Waals surface area contributed by atoms with Gasteiger partial charge >= 0.3 is 5.97 Å². The molecular formula is C10H20N2O2. The first kappa shape index (κ1) is 11.5. The van der Waals surface area contributed by atoms with Crippen LogP contribution in [0, 0.1) is 0 Å². The molecule has 0 spiro atoms. The summed E-state index contributed by atoms with van der Waals surface area (Å²) >= 11 is 0. The molecule has 1 heterocycles. The number of aliphatic carboxylic acids is 1. The molecule has 0 amide bonds. The fourth-order valence-corrected chi connectivity index (χ4v) is 1.81. The van der Waals surface area contributed by atoms with Gasteiger partial charge in [0.1, 0.15) is 0 Å². The van der Waals surface area contributed by atoms with Gasteiger partial charge in [-0.3, -0.25) is 14.6 Å². The Balaban J connectivity index is 2.27. The van der Waals surface area contributed by atoms with Crippen molar-refractivity contribution < 1.29 is 9.90 Å². The Hall–Kier alpha value is -0.610. The molecular weight excluding hydrogens is 180 g/mol. The molecule has 0 saturated carbocycles. The van der Waals surface area contributed by atoms with Gasteiger partial charge in [0, 0.05) is 32.2 Å². The molecule has 1 saturated heterocycles. The van der Waals surface area contributed by atoms with Gasteiger partial charge in [0.25, 0.3) is 0 Å². The number of hydrogen-bond donors (Lipinski definition) is 1. The number of nitrogens with zero attached hydrogens (tertiary/aromatic N) is 2. The predicted molar refractivity (Wildman–Crippen MR) is 55.4 cm³/mol. The molecule has 1 aliphatic heterocycles. The van der Waals surface area contributed by atoms with E-state index in [1.807, 2.05) is 4.90 Å². The maximum Gasteiger partial charge on any atom is 0.317 e. The van der Waals surface area contributed by atoms with Crippen molar-refractivity contribution in [2.45, 2.75) is 26.3 Å². The van der Waals surface area contributed by atoms with Gasteiger partial charge in [0.05, 0.1) is 6.54 Å². The summed E-state index contributed by atoms with van der Waals surface area (Å²) in [6.45, 7) is 8.38. The highest BCUT2D eigenvalue weighted by atomic mass is 16.4. The van der Waals surface area contributed by atoms with Crippen molar-refractivity contribution in [3.05, 3.63) is 0 Å². The largest absolute Gasteiger partial charge is 0.480 e. The number of piperazine rings is 1. The first-order valence-electron chi connectivity index (χ1n) is 5.31. The first-order valence-corrected chi connectivity index (χ1v) is 5.31. The van der Waals surface area contributed by atoms with E-state index < -0.39 is 5.97 Å². The molecule has 0 aromatic heterocycles. The van der Waals surface area contributed by atoms with E-state index >= 15 is 0 Å². The Labute approximate surface area is 85.5 Å². The standard InChI is InChI=1S/C10H20N2O2/c1-3-9(2)12-6-4-11(5-7-12)8-10(13)14/h9H,3-8H2,1-2H3,(H,13,14)/t9-/m1/s1. The zero-order valence-electron chi connectivity index (χ0n) is 9.07. The van der Waals surface area contributed by atoms with Gasteiger partial charge in [-0.15, -0.1) is 0 Å². The average molecular weight is 200 g/mol. The lowest BCUT2D eigenvalue weighted by atomic mass is 10.2. The van der Waals surface area contributed by atoms with Crippen LogP contribution in [0.1, 0.15) is 20.3 Å². The van der Waals surface area contributed by atoms with Crippen LogP contribution in [0.2, 0.25) is 0 Å². The van der Waals surface area contributed by atoms with E-state index in [4.69, 9.17) is 5.11 Å². The third kappa shape index (κ3) is 3.27. The van der Waals surface area contributed by atoms with Crippen LogP contribution in [0.15, 0.2) is 0 Å². The second-order valence-electron chi connectivity index (χ2n) is 3.96. The maximum absolute atomic E-state index is 10.5. The van der Waals surface area contributed by atoms with Crippen molar-refractivity contribution in [1.29, 1.82) is 0 Å². The number of hydrogen-bond acceptors (Lipinski definition) is 3. The number of carboxylic acids is 1. The Morgan fingerprint density at radius 3 is 2.36 bits per heavy atom. The minimum absolute atomic E-state index is 0.189. The summed E-state index contributed by atoms with van der Waals surface area (Å²) in [5.41, 5.74) is 0. The molecule has 4 heteroatoms. The Morgan fingerprint density at radius 1 is 1.36 bits per heavy atom.